The van der Waals surface area contributed by atoms with Crippen LogP contribution in [-0.4, -0.2) is 6.18 Å². The number of hydrogen-bond donors (Lipinski definition) is 1. The number of allylic oxidation sites excluding steroid dienone is 2. The molecule has 2 N–H and O–H groups in total. The van der Waals surface area contributed by atoms with Crippen molar-refractivity contribution in [1.29, 1.82) is 0 Å². The average Bonchev–Trinajstić information content (AvgIpc) is 1.62. The van der Waals surface area contributed by atoms with Crippen LogP contribution in [0.1, 0.15) is 6.92 Å². The fourth-order valence-electron chi connectivity index (χ4n) is 0.195. The Bertz CT molecular complexity index is 130. The molecule has 0 atom stereocenters. The normalized spacial score (nSPS) is 15.2. The van der Waals surface area contributed by atoms with Crippen molar-refractivity contribution in [2.75, 3.05) is 0 Å². The molecule has 5 heteroatoms. The summed E-state index contributed by atoms with van der Waals surface area (Å²) in [5.74, 6) is -1.40. The smallest absolute Gasteiger partial charge is 0.393 e. The lowest BCUT2D eigenvalue weighted by Gasteiger charge is -2.04. The van der Waals surface area contributed by atoms with E-state index in [4.69, 9.17) is 0 Å². The summed E-state index contributed by atoms with van der Waals surface area (Å²) in [5.41, 5.74) is 2.61. The monoisotopic (exact) mass is 143 g/mol. The molecular formula is C4H5F4N. The molecule has 0 unspecified atom stereocenters. The summed E-state index contributed by atoms with van der Waals surface area (Å²) in [7, 11) is 0. The number of alkyl halides is 3. The molecule has 0 aromatic rings. The van der Waals surface area contributed by atoms with E-state index >= 15 is 0 Å². The summed E-state index contributed by atoms with van der Waals surface area (Å²) in [6.07, 6.45) is -4.74. The fourth-order valence-corrected chi connectivity index (χ4v) is 0.195. The summed E-state index contributed by atoms with van der Waals surface area (Å²) < 4.78 is 45.5. The molecule has 0 rings (SSSR count). The zero-order chi connectivity index (χ0) is 7.65. The van der Waals surface area contributed by atoms with Crippen molar-refractivity contribution in [1.82, 2.24) is 0 Å². The van der Waals surface area contributed by atoms with Crippen LogP contribution in [0.5, 0.6) is 0 Å². The van der Waals surface area contributed by atoms with E-state index in [0.717, 1.165) is 0 Å². The Morgan fingerprint density at radius 1 is 1.33 bits per heavy atom. The molecule has 0 bridgehead atoms. The number of hydrogen-bond acceptors (Lipinski definition) is 1. The molecule has 0 amide bonds. The van der Waals surface area contributed by atoms with Gasteiger partial charge >= 0.3 is 6.18 Å². The first-order valence-electron chi connectivity index (χ1n) is 2.04. The van der Waals surface area contributed by atoms with Crippen LogP contribution >= 0.6 is 0 Å². The summed E-state index contributed by atoms with van der Waals surface area (Å²) in [4.78, 5) is 0. The molecule has 0 radical (unpaired) electrons. The summed E-state index contributed by atoms with van der Waals surface area (Å²) in [6, 6.07) is 0. The third-order valence-electron chi connectivity index (χ3n) is 0.677. The molecule has 0 aromatic heterocycles. The van der Waals surface area contributed by atoms with Gasteiger partial charge in [0.2, 0.25) is 0 Å². The lowest BCUT2D eigenvalue weighted by atomic mass is 10.4. The predicted molar refractivity (Wildman–Crippen MR) is 24.1 cm³/mol. The van der Waals surface area contributed by atoms with Crippen LogP contribution in [0.3, 0.4) is 0 Å². The largest absolute Gasteiger partial charge is 0.433 e. The second kappa shape index (κ2) is 2.24. The second-order valence-corrected chi connectivity index (χ2v) is 1.44. The highest BCUT2D eigenvalue weighted by Gasteiger charge is 2.33. The van der Waals surface area contributed by atoms with Crippen LogP contribution in [0, 0.1) is 0 Å². The van der Waals surface area contributed by atoms with E-state index in [9.17, 15) is 17.6 Å². The molecule has 0 aliphatic carbocycles. The maximum Gasteiger partial charge on any atom is 0.433 e. The van der Waals surface area contributed by atoms with E-state index in [1.807, 2.05) is 0 Å². The molecule has 0 fully saturated rings. The van der Waals surface area contributed by atoms with Crippen molar-refractivity contribution in [2.24, 2.45) is 5.73 Å². The molecule has 0 heterocycles. The molecule has 0 aliphatic rings. The van der Waals surface area contributed by atoms with Gasteiger partial charge in [-0.1, -0.05) is 0 Å². The van der Waals surface area contributed by atoms with Gasteiger partial charge in [-0.25, -0.2) is 4.39 Å². The van der Waals surface area contributed by atoms with Crippen LogP contribution in [0.2, 0.25) is 0 Å². The van der Waals surface area contributed by atoms with Gasteiger partial charge in [0, 0.05) is 0 Å². The zero-order valence-corrected chi connectivity index (χ0v) is 4.59. The Labute approximate surface area is 49.1 Å². The van der Waals surface area contributed by atoms with Gasteiger partial charge < -0.3 is 5.73 Å². The molecule has 0 saturated carbocycles. The summed E-state index contributed by atoms with van der Waals surface area (Å²) >= 11 is 0. The quantitative estimate of drug-likeness (QED) is 0.513. The highest BCUT2D eigenvalue weighted by Crippen LogP contribution is 2.23. The van der Waals surface area contributed by atoms with E-state index in [1.165, 1.54) is 0 Å². The molecular weight excluding hydrogens is 138 g/mol. The standard InChI is InChI=1S/C4H5F4N/c1-2(5)3(9)4(6,7)8/h9H2,1H3/b3-2+. The van der Waals surface area contributed by atoms with Crippen molar-refractivity contribution >= 4 is 0 Å². The summed E-state index contributed by atoms with van der Waals surface area (Å²) in [6.45, 7) is 0.656. The van der Waals surface area contributed by atoms with Crippen LogP contribution < -0.4 is 5.73 Å². The third kappa shape index (κ3) is 2.34. The summed E-state index contributed by atoms with van der Waals surface area (Å²) in [5, 5.41) is 0. The van der Waals surface area contributed by atoms with Crippen molar-refractivity contribution in [3.63, 3.8) is 0 Å². The average molecular weight is 143 g/mol. The maximum atomic E-state index is 11.6. The van der Waals surface area contributed by atoms with E-state index in [1.54, 1.807) is 0 Å². The first-order chi connectivity index (χ1) is 3.85. The first kappa shape index (κ1) is 8.26. The minimum atomic E-state index is -4.74. The van der Waals surface area contributed by atoms with Crippen molar-refractivity contribution in [2.45, 2.75) is 13.1 Å². The van der Waals surface area contributed by atoms with Crippen molar-refractivity contribution in [3.8, 4) is 0 Å². The first-order valence-corrected chi connectivity index (χ1v) is 2.04. The highest BCUT2D eigenvalue weighted by molar-refractivity contribution is 5.06. The molecule has 0 saturated heterocycles. The molecule has 0 aromatic carbocycles. The van der Waals surface area contributed by atoms with Crippen LogP contribution in [-0.2, 0) is 0 Å². The van der Waals surface area contributed by atoms with Gasteiger partial charge in [0.05, 0.1) is 0 Å². The Morgan fingerprint density at radius 2 is 1.67 bits per heavy atom. The fraction of sp³-hybridized carbons (Fsp3) is 0.500. The van der Waals surface area contributed by atoms with E-state index < -0.39 is 17.7 Å². The topological polar surface area (TPSA) is 26.0 Å². The second-order valence-electron chi connectivity index (χ2n) is 1.44. The van der Waals surface area contributed by atoms with Crippen molar-refractivity contribution in [3.05, 3.63) is 11.5 Å². The Hall–Kier alpha value is -0.740. The van der Waals surface area contributed by atoms with Gasteiger partial charge in [0.25, 0.3) is 0 Å². The van der Waals surface area contributed by atoms with Gasteiger partial charge in [0.1, 0.15) is 11.5 Å². The highest BCUT2D eigenvalue weighted by atomic mass is 19.4. The van der Waals surface area contributed by atoms with Gasteiger partial charge in [-0.2, -0.15) is 13.2 Å². The number of halogens is 4. The van der Waals surface area contributed by atoms with Crippen LogP contribution in [0.25, 0.3) is 0 Å². The Morgan fingerprint density at radius 3 is 1.67 bits per heavy atom. The lowest BCUT2D eigenvalue weighted by molar-refractivity contribution is -0.0945. The Kier molecular flexibility index (Phi) is 2.06. The minimum Gasteiger partial charge on any atom is -0.393 e. The molecule has 0 aliphatic heterocycles. The van der Waals surface area contributed by atoms with E-state index in [-0.39, 0.29) is 0 Å². The van der Waals surface area contributed by atoms with Gasteiger partial charge in [-0.3, -0.25) is 0 Å². The minimum absolute atomic E-state index is 0.656. The zero-order valence-electron chi connectivity index (χ0n) is 4.59. The van der Waals surface area contributed by atoms with Gasteiger partial charge in [-0.05, 0) is 6.92 Å². The number of nitrogens with two attached hydrogens (primary N) is 1. The maximum absolute atomic E-state index is 11.6. The molecule has 0 spiro atoms. The van der Waals surface area contributed by atoms with Crippen LogP contribution in [0.4, 0.5) is 17.6 Å². The molecule has 1 nitrogen and oxygen atoms in total. The van der Waals surface area contributed by atoms with E-state index in [0.29, 0.717) is 6.92 Å². The molecule has 9 heavy (non-hydrogen) atoms. The van der Waals surface area contributed by atoms with Gasteiger partial charge in [0.15, 0.2) is 0 Å². The van der Waals surface area contributed by atoms with Crippen molar-refractivity contribution < 1.29 is 17.6 Å². The predicted octanol–water partition coefficient (Wildman–Crippen LogP) is 1.71. The molecule has 54 valence electrons. The lowest BCUT2D eigenvalue weighted by Crippen LogP contribution is -2.20. The van der Waals surface area contributed by atoms with Gasteiger partial charge in [-0.15, -0.1) is 0 Å². The van der Waals surface area contributed by atoms with Crippen LogP contribution in [0.15, 0.2) is 11.5 Å². The third-order valence-corrected chi connectivity index (χ3v) is 0.677. The number of rotatable bonds is 0. The SMILES string of the molecule is C/C(F)=C(\N)C(F)(F)F. The Balaban J connectivity index is 4.40. The van der Waals surface area contributed by atoms with E-state index in [2.05, 4.69) is 5.73 Å².